The zero-order valence-electron chi connectivity index (χ0n) is 15.2. The van der Waals surface area contributed by atoms with Gasteiger partial charge in [0.05, 0.1) is 0 Å². The predicted molar refractivity (Wildman–Crippen MR) is 93.6 cm³/mol. The molecule has 1 aromatic rings. The van der Waals surface area contributed by atoms with Crippen LogP contribution in [0, 0.1) is 0 Å². The van der Waals surface area contributed by atoms with Gasteiger partial charge in [0.2, 0.25) is 0 Å². The van der Waals surface area contributed by atoms with Crippen molar-refractivity contribution in [2.75, 3.05) is 32.8 Å². The van der Waals surface area contributed by atoms with E-state index >= 15 is 0 Å². The maximum atomic E-state index is 12.4. The number of carbonyl (C=O) groups excluding carboxylic acids is 1. The van der Waals surface area contributed by atoms with E-state index in [1.54, 1.807) is 0 Å². The number of para-hydroxylation sites is 1. The lowest BCUT2D eigenvalue weighted by atomic mass is 10.0. The number of hydrogen-bond acceptors (Lipinski definition) is 4. The molecule has 0 spiro atoms. The fraction of sp³-hybridized carbons (Fsp3) is 0.632. The minimum atomic E-state index is -0.209. The quantitative estimate of drug-likeness (QED) is 0.849. The van der Waals surface area contributed by atoms with Crippen LogP contribution in [0.25, 0.3) is 0 Å². The highest BCUT2D eigenvalue weighted by molar-refractivity contribution is 5.78. The molecule has 1 fully saturated rings. The monoisotopic (exact) mass is 332 g/mol. The summed E-state index contributed by atoms with van der Waals surface area (Å²) in [7, 11) is 0. The maximum Gasteiger partial charge on any atom is 0.260 e. The topological polar surface area (TPSA) is 42.0 Å². The van der Waals surface area contributed by atoms with Crippen molar-refractivity contribution in [3.8, 4) is 11.5 Å². The highest BCUT2D eigenvalue weighted by atomic mass is 16.5. The molecule has 2 aliphatic rings. The van der Waals surface area contributed by atoms with Gasteiger partial charge in [0.1, 0.15) is 5.60 Å². The fourth-order valence-electron chi connectivity index (χ4n) is 3.42. The van der Waals surface area contributed by atoms with Crippen molar-refractivity contribution in [2.24, 2.45) is 0 Å². The highest BCUT2D eigenvalue weighted by Crippen LogP contribution is 2.41. The number of rotatable bonds is 4. The lowest BCUT2D eigenvalue weighted by molar-refractivity contribution is -0.135. The van der Waals surface area contributed by atoms with Crippen LogP contribution in [0.2, 0.25) is 0 Å². The molecule has 1 amide bonds. The molecule has 0 unspecified atom stereocenters. The van der Waals surface area contributed by atoms with Crippen molar-refractivity contribution in [1.29, 1.82) is 0 Å². The largest absolute Gasteiger partial charge is 0.483 e. The average molecular weight is 332 g/mol. The van der Waals surface area contributed by atoms with Gasteiger partial charge >= 0.3 is 0 Å². The Labute approximate surface area is 144 Å². The summed E-state index contributed by atoms with van der Waals surface area (Å²) in [5, 5.41) is 0. The lowest BCUT2D eigenvalue weighted by Gasteiger charge is -2.36. The number of fused-ring (bicyclic) bond motifs is 1. The van der Waals surface area contributed by atoms with Gasteiger partial charge in [-0.3, -0.25) is 9.69 Å². The van der Waals surface area contributed by atoms with Crippen molar-refractivity contribution in [3.63, 3.8) is 0 Å². The van der Waals surface area contributed by atoms with E-state index in [4.69, 9.17) is 9.47 Å². The SMILES string of the molecule is CC(C)N1CCN(C(=O)COc2cccc3c2OC(C)(C)C3)CC1. The molecule has 5 heteroatoms. The third-order valence-corrected chi connectivity index (χ3v) is 4.80. The van der Waals surface area contributed by atoms with Gasteiger partial charge in [0.15, 0.2) is 18.1 Å². The molecule has 0 radical (unpaired) electrons. The molecule has 1 aromatic carbocycles. The maximum absolute atomic E-state index is 12.4. The Morgan fingerprint density at radius 2 is 1.96 bits per heavy atom. The van der Waals surface area contributed by atoms with E-state index in [9.17, 15) is 4.79 Å². The molecule has 24 heavy (non-hydrogen) atoms. The Kier molecular flexibility index (Phi) is 4.72. The first kappa shape index (κ1) is 17.1. The number of hydrogen-bond donors (Lipinski definition) is 0. The number of carbonyl (C=O) groups is 1. The minimum Gasteiger partial charge on any atom is -0.483 e. The zero-order chi connectivity index (χ0) is 17.3. The first-order valence-corrected chi connectivity index (χ1v) is 8.81. The van der Waals surface area contributed by atoms with Crippen molar-refractivity contribution in [3.05, 3.63) is 23.8 Å². The Morgan fingerprint density at radius 3 is 2.62 bits per heavy atom. The Balaban J connectivity index is 1.56. The van der Waals surface area contributed by atoms with E-state index < -0.39 is 0 Å². The summed E-state index contributed by atoms with van der Waals surface area (Å²) in [6.07, 6.45) is 0.866. The predicted octanol–water partition coefficient (Wildman–Crippen LogP) is 2.33. The van der Waals surface area contributed by atoms with Crippen LogP contribution in [0.3, 0.4) is 0 Å². The number of benzene rings is 1. The molecule has 2 heterocycles. The Bertz CT molecular complexity index is 605. The summed E-state index contributed by atoms with van der Waals surface area (Å²) in [6, 6.07) is 6.43. The molecular formula is C19H28N2O3. The second kappa shape index (κ2) is 6.63. The van der Waals surface area contributed by atoms with Gasteiger partial charge in [-0.2, -0.15) is 0 Å². The second-order valence-electron chi connectivity index (χ2n) is 7.58. The third-order valence-electron chi connectivity index (χ3n) is 4.80. The summed E-state index contributed by atoms with van der Waals surface area (Å²) < 4.78 is 11.8. The van der Waals surface area contributed by atoms with E-state index in [0.29, 0.717) is 11.8 Å². The molecule has 0 N–H and O–H groups in total. The van der Waals surface area contributed by atoms with Crippen molar-refractivity contribution in [2.45, 2.75) is 45.8 Å². The van der Waals surface area contributed by atoms with Gasteiger partial charge in [0.25, 0.3) is 5.91 Å². The standard InChI is InChI=1S/C19H28N2O3/c1-14(2)20-8-10-21(11-9-20)17(22)13-23-16-7-5-6-15-12-19(3,4)24-18(15)16/h5-7,14H,8-13H2,1-4H3. The molecule has 0 bridgehead atoms. The second-order valence-corrected chi connectivity index (χ2v) is 7.58. The zero-order valence-corrected chi connectivity index (χ0v) is 15.2. The smallest absolute Gasteiger partial charge is 0.260 e. The van der Waals surface area contributed by atoms with Crippen LogP contribution in [0.1, 0.15) is 33.3 Å². The van der Waals surface area contributed by atoms with Crippen molar-refractivity contribution < 1.29 is 14.3 Å². The van der Waals surface area contributed by atoms with Gasteiger partial charge < -0.3 is 14.4 Å². The molecule has 3 rings (SSSR count). The molecule has 5 nitrogen and oxygen atoms in total. The molecule has 2 aliphatic heterocycles. The molecule has 1 saturated heterocycles. The van der Waals surface area contributed by atoms with Crippen molar-refractivity contribution in [1.82, 2.24) is 9.80 Å². The van der Waals surface area contributed by atoms with Crippen LogP contribution in [0.5, 0.6) is 11.5 Å². The summed E-state index contributed by atoms with van der Waals surface area (Å²) in [4.78, 5) is 16.7. The first-order chi connectivity index (χ1) is 11.4. The van der Waals surface area contributed by atoms with Crippen molar-refractivity contribution >= 4 is 5.91 Å². The van der Waals surface area contributed by atoms with E-state index in [2.05, 4.69) is 38.7 Å². The van der Waals surface area contributed by atoms with Crippen LogP contribution in [-0.4, -0.2) is 60.1 Å². The van der Waals surface area contributed by atoms with Gasteiger partial charge in [0, 0.05) is 44.2 Å². The van der Waals surface area contributed by atoms with Crippen LogP contribution in [-0.2, 0) is 11.2 Å². The summed E-state index contributed by atoms with van der Waals surface area (Å²) in [5.41, 5.74) is 0.939. The number of piperazine rings is 1. The van der Waals surface area contributed by atoms with Gasteiger partial charge in [-0.25, -0.2) is 0 Å². The average Bonchev–Trinajstić information content (AvgIpc) is 2.87. The molecule has 0 aliphatic carbocycles. The number of amides is 1. The lowest BCUT2D eigenvalue weighted by Crippen LogP contribution is -2.51. The van der Waals surface area contributed by atoms with Gasteiger partial charge in [-0.1, -0.05) is 12.1 Å². The summed E-state index contributed by atoms with van der Waals surface area (Å²) in [6.45, 7) is 12.0. The van der Waals surface area contributed by atoms with E-state index in [1.807, 2.05) is 17.0 Å². The van der Waals surface area contributed by atoms with Gasteiger partial charge in [-0.05, 0) is 33.8 Å². The van der Waals surface area contributed by atoms with E-state index in [-0.39, 0.29) is 18.1 Å². The molecule has 132 valence electrons. The summed E-state index contributed by atoms with van der Waals surface area (Å²) >= 11 is 0. The van der Waals surface area contributed by atoms with E-state index in [1.165, 1.54) is 0 Å². The Morgan fingerprint density at radius 1 is 1.25 bits per heavy atom. The molecule has 0 atom stereocenters. The van der Waals surface area contributed by atoms with E-state index in [0.717, 1.165) is 43.9 Å². The molecule has 0 aromatic heterocycles. The number of nitrogens with zero attached hydrogens (tertiary/aromatic N) is 2. The van der Waals surface area contributed by atoms with Crippen LogP contribution < -0.4 is 9.47 Å². The minimum absolute atomic E-state index is 0.0493. The fourth-order valence-corrected chi connectivity index (χ4v) is 3.42. The normalized spacial score (nSPS) is 20.0. The number of ether oxygens (including phenoxy) is 2. The highest BCUT2D eigenvalue weighted by Gasteiger charge is 2.32. The van der Waals surface area contributed by atoms with Gasteiger partial charge in [-0.15, -0.1) is 0 Å². The summed E-state index contributed by atoms with van der Waals surface area (Å²) in [5.74, 6) is 1.51. The third kappa shape index (κ3) is 3.66. The molecular weight excluding hydrogens is 304 g/mol. The Hall–Kier alpha value is -1.75. The van der Waals surface area contributed by atoms with Crippen LogP contribution in [0.15, 0.2) is 18.2 Å². The first-order valence-electron chi connectivity index (χ1n) is 8.81. The molecule has 0 saturated carbocycles. The van der Waals surface area contributed by atoms with Crippen LogP contribution >= 0.6 is 0 Å². The van der Waals surface area contributed by atoms with Crippen LogP contribution in [0.4, 0.5) is 0 Å².